The summed E-state index contributed by atoms with van der Waals surface area (Å²) in [4.78, 5) is 0. The van der Waals surface area contributed by atoms with Crippen molar-refractivity contribution in [2.45, 2.75) is 24.4 Å². The van der Waals surface area contributed by atoms with Crippen LogP contribution in [0.25, 0.3) is 0 Å². The Hall–Kier alpha value is -5.16. The highest BCUT2D eigenvalue weighted by Crippen LogP contribution is 2.53. The van der Waals surface area contributed by atoms with E-state index >= 15 is 0 Å². The van der Waals surface area contributed by atoms with Gasteiger partial charge in [0, 0.05) is 11.1 Å². The highest BCUT2D eigenvalue weighted by Gasteiger charge is 2.56. The molecule has 6 aromatic carbocycles. The van der Waals surface area contributed by atoms with Crippen molar-refractivity contribution in [3.05, 3.63) is 203 Å². The average molecular weight is 579 g/mol. The van der Waals surface area contributed by atoms with E-state index in [1.165, 1.54) is 0 Å². The molecule has 218 valence electrons. The fourth-order valence-electron chi connectivity index (χ4n) is 5.73. The molecule has 0 aliphatic rings. The highest BCUT2D eigenvalue weighted by atomic mass is 16.5. The second kappa shape index (κ2) is 13.0. The molecule has 2 unspecified atom stereocenters. The van der Waals surface area contributed by atoms with E-state index in [0.29, 0.717) is 47.0 Å². The first-order valence-electron chi connectivity index (χ1n) is 14.7. The molecule has 4 heteroatoms. The Kier molecular flexibility index (Phi) is 8.55. The van der Waals surface area contributed by atoms with Gasteiger partial charge in [0.15, 0.2) is 11.2 Å². The zero-order valence-corrected chi connectivity index (χ0v) is 24.3. The molecule has 0 spiro atoms. The van der Waals surface area contributed by atoms with Gasteiger partial charge in [0.2, 0.25) is 0 Å². The van der Waals surface area contributed by atoms with Crippen molar-refractivity contribution in [2.75, 3.05) is 0 Å². The van der Waals surface area contributed by atoms with E-state index in [9.17, 15) is 10.2 Å². The Morgan fingerprint density at radius 3 is 1.02 bits per heavy atom. The number of rotatable bonds is 11. The van der Waals surface area contributed by atoms with Gasteiger partial charge in [0.1, 0.15) is 24.7 Å². The fourth-order valence-corrected chi connectivity index (χ4v) is 5.73. The Balaban J connectivity index is 1.56. The monoisotopic (exact) mass is 578 g/mol. The Morgan fingerprint density at radius 1 is 0.364 bits per heavy atom. The summed E-state index contributed by atoms with van der Waals surface area (Å²) in [6.07, 6.45) is 0. The van der Waals surface area contributed by atoms with Crippen LogP contribution in [0, 0.1) is 0 Å². The van der Waals surface area contributed by atoms with Gasteiger partial charge in [-0.25, -0.2) is 0 Å². The van der Waals surface area contributed by atoms with Crippen molar-refractivity contribution in [1.82, 2.24) is 0 Å². The summed E-state index contributed by atoms with van der Waals surface area (Å²) in [7, 11) is 0. The van der Waals surface area contributed by atoms with Gasteiger partial charge in [-0.05, 0) is 34.4 Å². The minimum Gasteiger partial charge on any atom is -0.488 e. The second-order valence-corrected chi connectivity index (χ2v) is 10.7. The molecule has 0 heterocycles. The molecule has 0 saturated carbocycles. The van der Waals surface area contributed by atoms with E-state index in [2.05, 4.69) is 0 Å². The molecule has 0 aliphatic carbocycles. The molecule has 0 amide bonds. The third-order valence-corrected chi connectivity index (χ3v) is 7.93. The number of benzene rings is 6. The number of hydrogen-bond acceptors (Lipinski definition) is 4. The first kappa shape index (κ1) is 28.9. The van der Waals surface area contributed by atoms with E-state index in [0.717, 1.165) is 11.1 Å². The Bertz CT molecular complexity index is 1640. The topological polar surface area (TPSA) is 58.9 Å². The van der Waals surface area contributed by atoms with Gasteiger partial charge in [0.05, 0.1) is 0 Å². The van der Waals surface area contributed by atoms with Crippen LogP contribution in [-0.2, 0) is 24.4 Å². The molecule has 4 nitrogen and oxygen atoms in total. The molecule has 0 saturated heterocycles. The van der Waals surface area contributed by atoms with Crippen molar-refractivity contribution >= 4 is 0 Å². The SMILES string of the molecule is OC(c1ccccc1)(c1ccccc1OCc1ccccc1)C(O)(c1ccccc1)c1ccccc1OCc1ccccc1. The first-order chi connectivity index (χ1) is 21.6. The summed E-state index contributed by atoms with van der Waals surface area (Å²) in [6, 6.07) is 53.0. The van der Waals surface area contributed by atoms with Crippen LogP contribution in [0.5, 0.6) is 11.5 Å². The zero-order valence-electron chi connectivity index (χ0n) is 24.3. The van der Waals surface area contributed by atoms with Gasteiger partial charge in [0.25, 0.3) is 0 Å². The molecule has 2 N–H and O–H groups in total. The summed E-state index contributed by atoms with van der Waals surface area (Å²) >= 11 is 0. The van der Waals surface area contributed by atoms with Crippen molar-refractivity contribution in [3.63, 3.8) is 0 Å². The number of aliphatic hydroxyl groups is 2. The average Bonchev–Trinajstić information content (AvgIpc) is 3.11. The van der Waals surface area contributed by atoms with Gasteiger partial charge >= 0.3 is 0 Å². The lowest BCUT2D eigenvalue weighted by atomic mass is 9.66. The Labute approximate surface area is 258 Å². The van der Waals surface area contributed by atoms with E-state index in [4.69, 9.17) is 9.47 Å². The van der Waals surface area contributed by atoms with Gasteiger partial charge < -0.3 is 19.7 Å². The van der Waals surface area contributed by atoms with E-state index in [1.807, 2.05) is 170 Å². The molecule has 2 atom stereocenters. The lowest BCUT2D eigenvalue weighted by Crippen LogP contribution is -2.51. The van der Waals surface area contributed by atoms with Crippen LogP contribution in [0.2, 0.25) is 0 Å². The van der Waals surface area contributed by atoms with Crippen LogP contribution < -0.4 is 9.47 Å². The van der Waals surface area contributed by atoms with Crippen molar-refractivity contribution in [2.24, 2.45) is 0 Å². The van der Waals surface area contributed by atoms with Gasteiger partial charge in [-0.2, -0.15) is 0 Å². The summed E-state index contributed by atoms with van der Waals surface area (Å²) < 4.78 is 12.8. The maximum Gasteiger partial charge on any atom is 0.155 e. The standard InChI is InChI=1S/C40H34O4/c41-39(33-21-9-3-10-22-33,35-25-13-15-27-37(35)43-29-31-17-5-1-6-18-31)40(42,34-23-11-4-12-24-34)36-26-14-16-28-38(36)44-30-32-19-7-2-8-20-32/h1-28,41-42H,29-30H2. The van der Waals surface area contributed by atoms with E-state index in [1.54, 1.807) is 0 Å². The van der Waals surface area contributed by atoms with E-state index < -0.39 is 11.2 Å². The zero-order chi connectivity index (χ0) is 30.2. The predicted octanol–water partition coefficient (Wildman–Crippen LogP) is 8.02. The van der Waals surface area contributed by atoms with Crippen molar-refractivity contribution in [3.8, 4) is 11.5 Å². The van der Waals surface area contributed by atoms with Crippen LogP contribution in [0.4, 0.5) is 0 Å². The molecule has 44 heavy (non-hydrogen) atoms. The van der Waals surface area contributed by atoms with Crippen molar-refractivity contribution < 1.29 is 19.7 Å². The van der Waals surface area contributed by atoms with Gasteiger partial charge in [-0.3, -0.25) is 0 Å². The Morgan fingerprint density at radius 2 is 0.659 bits per heavy atom. The fraction of sp³-hybridized carbons (Fsp3) is 0.100. The van der Waals surface area contributed by atoms with Crippen molar-refractivity contribution in [1.29, 1.82) is 0 Å². The number of ether oxygens (including phenoxy) is 2. The molecule has 0 radical (unpaired) electrons. The second-order valence-electron chi connectivity index (χ2n) is 10.7. The highest BCUT2D eigenvalue weighted by molar-refractivity contribution is 5.57. The van der Waals surface area contributed by atoms with Crippen LogP contribution in [-0.4, -0.2) is 10.2 Å². The molecule has 6 rings (SSSR count). The summed E-state index contributed by atoms with van der Waals surface area (Å²) in [5.41, 5.74) is -0.214. The predicted molar refractivity (Wildman–Crippen MR) is 173 cm³/mol. The minimum atomic E-state index is -2.02. The van der Waals surface area contributed by atoms with Crippen LogP contribution in [0.3, 0.4) is 0 Å². The number of hydrogen-bond donors (Lipinski definition) is 2. The lowest BCUT2D eigenvalue weighted by molar-refractivity contribution is -0.115. The third-order valence-electron chi connectivity index (χ3n) is 7.93. The molecular weight excluding hydrogens is 544 g/mol. The maximum absolute atomic E-state index is 13.4. The molecule has 0 bridgehead atoms. The minimum absolute atomic E-state index is 0.295. The summed E-state index contributed by atoms with van der Waals surface area (Å²) in [6.45, 7) is 0.590. The normalized spacial score (nSPS) is 13.8. The molecule has 0 aliphatic heterocycles. The third kappa shape index (κ3) is 5.61. The lowest BCUT2D eigenvalue weighted by Gasteiger charge is -2.46. The molecule has 0 aromatic heterocycles. The maximum atomic E-state index is 13.4. The van der Waals surface area contributed by atoms with Crippen LogP contribution >= 0.6 is 0 Å². The largest absolute Gasteiger partial charge is 0.488 e. The van der Waals surface area contributed by atoms with Crippen LogP contribution in [0.15, 0.2) is 170 Å². The number of para-hydroxylation sites is 2. The first-order valence-corrected chi connectivity index (χ1v) is 14.7. The smallest absolute Gasteiger partial charge is 0.155 e. The van der Waals surface area contributed by atoms with Crippen LogP contribution in [0.1, 0.15) is 33.4 Å². The molecule has 0 fully saturated rings. The molecular formula is C40H34O4. The summed E-state index contributed by atoms with van der Waals surface area (Å²) in [5.74, 6) is 0.916. The summed E-state index contributed by atoms with van der Waals surface area (Å²) in [5, 5.41) is 26.8. The van der Waals surface area contributed by atoms with E-state index in [-0.39, 0.29) is 0 Å². The van der Waals surface area contributed by atoms with Gasteiger partial charge in [-0.1, -0.05) is 158 Å². The molecule has 6 aromatic rings. The quantitative estimate of drug-likeness (QED) is 0.163. The van der Waals surface area contributed by atoms with Gasteiger partial charge in [-0.15, -0.1) is 0 Å².